The Bertz CT molecular complexity index is 888. The average Bonchev–Trinajstić information content (AvgIpc) is 2.83. The quantitative estimate of drug-likeness (QED) is 0.433. The van der Waals surface area contributed by atoms with Crippen molar-refractivity contribution in [3.63, 3.8) is 0 Å². The molecule has 0 aliphatic heterocycles. The number of rotatable bonds is 6. The number of benzene rings is 1. The molecule has 1 aromatic heterocycles. The van der Waals surface area contributed by atoms with E-state index in [2.05, 4.69) is 15.8 Å². The molecule has 0 saturated heterocycles. The van der Waals surface area contributed by atoms with Crippen molar-refractivity contribution >= 4 is 41.2 Å². The molecule has 2 rings (SSSR count). The van der Waals surface area contributed by atoms with Crippen LogP contribution in [0, 0.1) is 13.8 Å². The van der Waals surface area contributed by atoms with Crippen LogP contribution in [0.25, 0.3) is 5.69 Å². The van der Waals surface area contributed by atoms with Crippen molar-refractivity contribution in [1.82, 2.24) is 15.3 Å². The second-order valence-electron chi connectivity index (χ2n) is 6.43. The first-order valence-electron chi connectivity index (χ1n) is 8.45. The second kappa shape index (κ2) is 9.06. The molecular formula is C19H22Cl2N4O2. The van der Waals surface area contributed by atoms with Gasteiger partial charge in [-0.2, -0.15) is 5.10 Å². The molecule has 1 heterocycles. The van der Waals surface area contributed by atoms with Crippen LogP contribution in [-0.4, -0.2) is 28.6 Å². The van der Waals surface area contributed by atoms with Crippen LogP contribution < -0.4 is 10.7 Å². The highest BCUT2D eigenvalue weighted by molar-refractivity contribution is 6.43. The molecule has 2 aromatic rings. The SMILES string of the molecule is Cc1cc(/C=N/NC(=O)CC(=O)NC(C)C)c(C)n1-c1cccc(Cl)c1Cl. The molecule has 2 amide bonds. The fraction of sp³-hybridized carbons (Fsp3) is 0.316. The predicted octanol–water partition coefficient (Wildman–Crippen LogP) is 3.77. The lowest BCUT2D eigenvalue weighted by atomic mass is 10.2. The van der Waals surface area contributed by atoms with Crippen LogP contribution in [-0.2, 0) is 9.59 Å². The summed E-state index contributed by atoms with van der Waals surface area (Å²) in [6.07, 6.45) is 1.27. The van der Waals surface area contributed by atoms with E-state index in [0.29, 0.717) is 10.0 Å². The number of halogens is 2. The lowest BCUT2D eigenvalue weighted by Gasteiger charge is -2.12. The summed E-state index contributed by atoms with van der Waals surface area (Å²) in [5.41, 5.74) is 5.79. The van der Waals surface area contributed by atoms with E-state index in [-0.39, 0.29) is 18.4 Å². The van der Waals surface area contributed by atoms with Crippen LogP contribution in [0.15, 0.2) is 29.4 Å². The average molecular weight is 409 g/mol. The summed E-state index contributed by atoms with van der Waals surface area (Å²) in [4.78, 5) is 23.3. The van der Waals surface area contributed by atoms with E-state index in [1.54, 1.807) is 6.07 Å². The summed E-state index contributed by atoms with van der Waals surface area (Å²) in [5, 5.41) is 7.54. The molecule has 6 nitrogen and oxygen atoms in total. The Morgan fingerprint density at radius 3 is 2.59 bits per heavy atom. The first kappa shape index (κ1) is 21.0. The Morgan fingerprint density at radius 1 is 1.22 bits per heavy atom. The van der Waals surface area contributed by atoms with Crippen molar-refractivity contribution < 1.29 is 9.59 Å². The van der Waals surface area contributed by atoms with Gasteiger partial charge in [0.05, 0.1) is 21.9 Å². The number of carbonyl (C=O) groups is 2. The summed E-state index contributed by atoms with van der Waals surface area (Å²) in [7, 11) is 0. The summed E-state index contributed by atoms with van der Waals surface area (Å²) in [5.74, 6) is -0.817. The lowest BCUT2D eigenvalue weighted by molar-refractivity contribution is -0.129. The fourth-order valence-electron chi connectivity index (χ4n) is 2.69. The third-order valence-electron chi connectivity index (χ3n) is 3.81. The van der Waals surface area contributed by atoms with Crippen molar-refractivity contribution in [2.75, 3.05) is 0 Å². The van der Waals surface area contributed by atoms with E-state index >= 15 is 0 Å². The van der Waals surface area contributed by atoms with Gasteiger partial charge in [0, 0.05) is 23.0 Å². The van der Waals surface area contributed by atoms with Gasteiger partial charge in [-0.15, -0.1) is 0 Å². The molecule has 144 valence electrons. The smallest absolute Gasteiger partial charge is 0.249 e. The molecule has 0 aliphatic carbocycles. The number of carbonyl (C=O) groups excluding carboxylic acids is 2. The number of aryl methyl sites for hydroxylation is 1. The maximum atomic E-state index is 11.8. The lowest BCUT2D eigenvalue weighted by Crippen LogP contribution is -2.34. The highest BCUT2D eigenvalue weighted by Gasteiger charge is 2.14. The Balaban J connectivity index is 2.13. The van der Waals surface area contributed by atoms with Crippen LogP contribution >= 0.6 is 23.2 Å². The number of hydrazone groups is 1. The van der Waals surface area contributed by atoms with Crippen molar-refractivity contribution in [3.05, 3.63) is 51.3 Å². The van der Waals surface area contributed by atoms with Gasteiger partial charge < -0.3 is 9.88 Å². The Kier molecular flexibility index (Phi) is 7.05. The molecule has 0 aliphatic rings. The zero-order valence-corrected chi connectivity index (χ0v) is 17.1. The molecule has 2 N–H and O–H groups in total. The zero-order valence-electron chi connectivity index (χ0n) is 15.6. The van der Waals surface area contributed by atoms with Crippen molar-refractivity contribution in [2.45, 2.75) is 40.2 Å². The van der Waals surface area contributed by atoms with Gasteiger partial charge in [0.1, 0.15) is 6.42 Å². The third kappa shape index (κ3) is 5.34. The van der Waals surface area contributed by atoms with Crippen molar-refractivity contribution in [2.24, 2.45) is 5.10 Å². The number of hydrogen-bond donors (Lipinski definition) is 2. The topological polar surface area (TPSA) is 75.5 Å². The summed E-state index contributed by atoms with van der Waals surface area (Å²) in [6.45, 7) is 7.52. The highest BCUT2D eigenvalue weighted by Crippen LogP contribution is 2.31. The van der Waals surface area contributed by atoms with Gasteiger partial charge in [0.2, 0.25) is 11.8 Å². The molecule has 1 aromatic carbocycles. The number of nitrogens with one attached hydrogen (secondary N) is 2. The van der Waals surface area contributed by atoms with Crippen molar-refractivity contribution in [3.8, 4) is 5.69 Å². The van der Waals surface area contributed by atoms with Crippen LogP contribution in [0.3, 0.4) is 0 Å². The van der Waals surface area contributed by atoms with Crippen LogP contribution in [0.4, 0.5) is 0 Å². The minimum atomic E-state index is -0.476. The normalized spacial score (nSPS) is 11.2. The number of amides is 2. The molecular weight excluding hydrogens is 387 g/mol. The molecule has 27 heavy (non-hydrogen) atoms. The number of nitrogens with zero attached hydrogens (tertiary/aromatic N) is 2. The number of aromatic nitrogens is 1. The summed E-state index contributed by atoms with van der Waals surface area (Å²) < 4.78 is 1.97. The number of hydrogen-bond acceptors (Lipinski definition) is 3. The van der Waals surface area contributed by atoms with E-state index in [4.69, 9.17) is 23.2 Å². The highest BCUT2D eigenvalue weighted by atomic mass is 35.5. The standard InChI is InChI=1S/C19H22Cl2N4O2/c1-11(2)23-17(26)9-18(27)24-22-10-14-8-12(3)25(13(14)4)16-7-5-6-15(20)19(16)21/h5-8,10-11H,9H2,1-4H3,(H,23,26)(H,24,27)/b22-10+. The minimum absolute atomic E-state index is 0.0162. The van der Waals surface area contributed by atoms with Gasteiger partial charge in [-0.05, 0) is 45.9 Å². The largest absolute Gasteiger partial charge is 0.353 e. The maximum Gasteiger partial charge on any atom is 0.249 e. The molecule has 8 heteroatoms. The van der Waals surface area contributed by atoms with Gasteiger partial charge in [0.15, 0.2) is 0 Å². The van der Waals surface area contributed by atoms with Gasteiger partial charge in [-0.3, -0.25) is 9.59 Å². The van der Waals surface area contributed by atoms with Gasteiger partial charge in [-0.1, -0.05) is 29.3 Å². The summed E-state index contributed by atoms with van der Waals surface area (Å²) >= 11 is 12.4. The maximum absolute atomic E-state index is 11.8. The molecule has 0 fully saturated rings. The van der Waals surface area contributed by atoms with Gasteiger partial charge in [-0.25, -0.2) is 5.43 Å². The molecule has 0 radical (unpaired) electrons. The van der Waals surface area contributed by atoms with E-state index in [1.165, 1.54) is 6.21 Å². The first-order chi connectivity index (χ1) is 12.7. The van der Waals surface area contributed by atoms with Crippen molar-refractivity contribution in [1.29, 1.82) is 0 Å². The molecule has 0 saturated carbocycles. The van der Waals surface area contributed by atoms with E-state index in [0.717, 1.165) is 22.6 Å². The minimum Gasteiger partial charge on any atom is -0.353 e. The molecule has 0 spiro atoms. The summed E-state index contributed by atoms with van der Waals surface area (Å²) in [6, 6.07) is 7.35. The Morgan fingerprint density at radius 2 is 1.93 bits per heavy atom. The Hall–Kier alpha value is -2.31. The molecule has 0 bridgehead atoms. The second-order valence-corrected chi connectivity index (χ2v) is 7.21. The van der Waals surface area contributed by atoms with Gasteiger partial charge in [0.25, 0.3) is 0 Å². The monoisotopic (exact) mass is 408 g/mol. The predicted molar refractivity (Wildman–Crippen MR) is 109 cm³/mol. The van der Waals surface area contributed by atoms with Crippen LogP contribution in [0.5, 0.6) is 0 Å². The fourth-order valence-corrected chi connectivity index (χ4v) is 3.07. The molecule has 0 unspecified atom stereocenters. The van der Waals surface area contributed by atoms with Crippen LogP contribution in [0.1, 0.15) is 37.2 Å². The zero-order chi connectivity index (χ0) is 20.1. The Labute approximate surface area is 168 Å². The first-order valence-corrected chi connectivity index (χ1v) is 9.21. The van der Waals surface area contributed by atoms with Gasteiger partial charge >= 0.3 is 0 Å². The van der Waals surface area contributed by atoms with E-state index in [9.17, 15) is 9.59 Å². The van der Waals surface area contributed by atoms with Crippen LogP contribution in [0.2, 0.25) is 10.0 Å². The van der Waals surface area contributed by atoms with E-state index < -0.39 is 5.91 Å². The molecule has 0 atom stereocenters. The third-order valence-corrected chi connectivity index (χ3v) is 4.61. The van der Waals surface area contributed by atoms with E-state index in [1.807, 2.05) is 50.5 Å².